The van der Waals surface area contributed by atoms with Crippen LogP contribution in [0.3, 0.4) is 0 Å². The normalized spacial score (nSPS) is 14.6. The molecule has 0 radical (unpaired) electrons. The number of methoxy groups -OCH3 is 1. The molecule has 0 atom stereocenters. The minimum Gasteiger partial charge on any atom is -0.495 e. The molecule has 0 bridgehead atoms. The van der Waals surface area contributed by atoms with Crippen LogP contribution in [0, 0.1) is 6.92 Å². The molecule has 2 N–H and O–H groups in total. The van der Waals surface area contributed by atoms with Crippen molar-refractivity contribution in [2.24, 2.45) is 10.7 Å². The first kappa shape index (κ1) is 26.6. The van der Waals surface area contributed by atoms with Gasteiger partial charge in [-0.05, 0) is 68.6 Å². The number of benzene rings is 3. The molecule has 0 unspecified atom stereocenters. The largest absolute Gasteiger partial charge is 0.495 e. The summed E-state index contributed by atoms with van der Waals surface area (Å²) in [6, 6.07) is 25.1. The number of nitrogens with two attached hydrogens (primary N) is 1. The van der Waals surface area contributed by atoms with Crippen LogP contribution in [0.1, 0.15) is 24.0 Å². The van der Waals surface area contributed by atoms with Gasteiger partial charge in [-0.3, -0.25) is 9.89 Å². The van der Waals surface area contributed by atoms with E-state index in [1.54, 1.807) is 14.2 Å². The summed E-state index contributed by atoms with van der Waals surface area (Å²) in [4.78, 5) is 11.2. The van der Waals surface area contributed by atoms with E-state index in [0.29, 0.717) is 11.8 Å². The number of aliphatic imine (C=N–C) groups is 1. The molecule has 3 aromatic carbocycles. The number of hydrogen-bond acceptors (Lipinski definition) is 5. The molecule has 1 saturated heterocycles. The lowest BCUT2D eigenvalue weighted by molar-refractivity contribution is 0.253. The summed E-state index contributed by atoms with van der Waals surface area (Å²) in [6.07, 6.45) is 3.27. The molecule has 39 heavy (non-hydrogen) atoms. The summed E-state index contributed by atoms with van der Waals surface area (Å²) in [5.74, 6) is 1.67. The minimum atomic E-state index is 0.342. The van der Waals surface area contributed by atoms with Gasteiger partial charge in [-0.2, -0.15) is 0 Å². The summed E-state index contributed by atoms with van der Waals surface area (Å²) in [7, 11) is 3.36. The molecule has 204 valence electrons. The van der Waals surface area contributed by atoms with Crippen LogP contribution >= 0.6 is 0 Å². The first-order valence-electron chi connectivity index (χ1n) is 13.8. The van der Waals surface area contributed by atoms with Crippen molar-refractivity contribution in [2.75, 3.05) is 56.7 Å². The van der Waals surface area contributed by atoms with Gasteiger partial charge in [0.15, 0.2) is 0 Å². The summed E-state index contributed by atoms with van der Waals surface area (Å²) < 4.78 is 11.9. The standard InChI is InChI=1S/C32H39N5O2/c1-24-11-14-27(15-12-24)36-20-18-35(19-21-36)17-7-6-8-25-13-16-30(38-3)28(22-25)37(32(33)34-2)31-23-26-9-4-5-10-29(26)39-31/h4-5,9-16,22-23H,6-8,17-21H2,1-3H3,(H2,33,34). The van der Waals surface area contributed by atoms with Gasteiger partial charge < -0.3 is 19.8 Å². The molecule has 1 fully saturated rings. The number of guanidine groups is 1. The average Bonchev–Trinajstić information content (AvgIpc) is 3.40. The number of fused-ring (bicyclic) bond motifs is 1. The molecule has 2 heterocycles. The number of ether oxygens (including phenoxy) is 1. The predicted octanol–water partition coefficient (Wildman–Crippen LogP) is 5.98. The molecule has 0 aliphatic carbocycles. The van der Waals surface area contributed by atoms with E-state index in [1.165, 1.54) is 16.8 Å². The number of hydrogen-bond donors (Lipinski definition) is 1. The Morgan fingerprint density at radius 3 is 2.46 bits per heavy atom. The second-order valence-corrected chi connectivity index (χ2v) is 10.2. The van der Waals surface area contributed by atoms with Gasteiger partial charge in [0.1, 0.15) is 11.3 Å². The monoisotopic (exact) mass is 525 g/mol. The zero-order chi connectivity index (χ0) is 27.2. The molecule has 0 saturated carbocycles. The fourth-order valence-electron chi connectivity index (χ4n) is 5.25. The first-order valence-corrected chi connectivity index (χ1v) is 13.8. The van der Waals surface area contributed by atoms with Crippen molar-refractivity contribution in [3.05, 3.63) is 83.9 Å². The second-order valence-electron chi connectivity index (χ2n) is 10.2. The van der Waals surface area contributed by atoms with Gasteiger partial charge in [-0.25, -0.2) is 4.90 Å². The summed E-state index contributed by atoms with van der Waals surface area (Å²) in [5.41, 5.74) is 11.9. The molecule has 1 aliphatic heterocycles. The SMILES string of the molecule is CN=C(N)N(c1cc2ccccc2o1)c1cc(CCCCN2CCN(c3ccc(C)cc3)CC2)ccc1OC. The Hall–Kier alpha value is -3.97. The van der Waals surface area contributed by atoms with Gasteiger partial charge in [0.05, 0.1) is 12.8 Å². The topological polar surface area (TPSA) is 70.5 Å². The third-order valence-electron chi connectivity index (χ3n) is 7.54. The van der Waals surface area contributed by atoms with Crippen molar-refractivity contribution in [1.82, 2.24) is 4.90 Å². The summed E-state index contributed by atoms with van der Waals surface area (Å²) in [6.45, 7) is 7.67. The zero-order valence-corrected chi connectivity index (χ0v) is 23.3. The highest BCUT2D eigenvalue weighted by Gasteiger charge is 2.22. The van der Waals surface area contributed by atoms with E-state index in [9.17, 15) is 0 Å². The lowest BCUT2D eigenvalue weighted by atomic mass is 10.1. The van der Waals surface area contributed by atoms with E-state index in [0.717, 1.165) is 74.4 Å². The second kappa shape index (κ2) is 12.3. The number of aryl methyl sites for hydroxylation is 2. The smallest absolute Gasteiger partial charge is 0.208 e. The maximum atomic E-state index is 6.39. The van der Waals surface area contributed by atoms with Crippen LogP contribution in [-0.4, -0.2) is 57.7 Å². The maximum absolute atomic E-state index is 6.39. The van der Waals surface area contributed by atoms with Gasteiger partial charge in [0.2, 0.25) is 11.8 Å². The van der Waals surface area contributed by atoms with E-state index in [2.05, 4.69) is 58.1 Å². The molecule has 5 rings (SSSR count). The molecule has 0 spiro atoms. The maximum Gasteiger partial charge on any atom is 0.208 e. The fraction of sp³-hybridized carbons (Fsp3) is 0.344. The van der Waals surface area contributed by atoms with Gasteiger partial charge in [0.25, 0.3) is 0 Å². The molecule has 1 aliphatic rings. The van der Waals surface area contributed by atoms with Crippen molar-refractivity contribution in [3.63, 3.8) is 0 Å². The van der Waals surface area contributed by atoms with Crippen molar-refractivity contribution in [2.45, 2.75) is 26.2 Å². The third-order valence-corrected chi connectivity index (χ3v) is 7.54. The van der Waals surface area contributed by atoms with Crippen molar-refractivity contribution >= 4 is 34.2 Å². The fourth-order valence-corrected chi connectivity index (χ4v) is 5.25. The van der Waals surface area contributed by atoms with Crippen LogP contribution in [0.15, 0.2) is 82.2 Å². The molecule has 0 amide bonds. The lowest BCUT2D eigenvalue weighted by Crippen LogP contribution is -2.46. The summed E-state index contributed by atoms with van der Waals surface area (Å²) >= 11 is 0. The highest BCUT2D eigenvalue weighted by molar-refractivity contribution is 6.03. The third kappa shape index (κ3) is 6.20. The van der Waals surface area contributed by atoms with E-state index in [4.69, 9.17) is 14.9 Å². The zero-order valence-electron chi connectivity index (χ0n) is 23.3. The Balaban J connectivity index is 1.21. The number of rotatable bonds is 9. The quantitative estimate of drug-likeness (QED) is 0.165. The van der Waals surface area contributed by atoms with Gasteiger partial charge in [0, 0.05) is 50.4 Å². The summed E-state index contributed by atoms with van der Waals surface area (Å²) in [5, 5.41) is 1.01. The van der Waals surface area contributed by atoms with Crippen LogP contribution < -0.4 is 20.3 Å². The van der Waals surface area contributed by atoms with Crippen molar-refractivity contribution in [3.8, 4) is 5.75 Å². The van der Waals surface area contributed by atoms with Gasteiger partial charge in [-0.15, -0.1) is 0 Å². The number of furan rings is 1. The highest BCUT2D eigenvalue weighted by Crippen LogP contribution is 2.37. The predicted molar refractivity (Wildman–Crippen MR) is 162 cm³/mol. The van der Waals surface area contributed by atoms with Gasteiger partial charge in [-0.1, -0.05) is 42.0 Å². The number of para-hydroxylation sites is 1. The van der Waals surface area contributed by atoms with E-state index in [1.807, 2.05) is 41.3 Å². The van der Waals surface area contributed by atoms with Crippen LogP contribution in [-0.2, 0) is 6.42 Å². The van der Waals surface area contributed by atoms with Crippen molar-refractivity contribution in [1.29, 1.82) is 0 Å². The van der Waals surface area contributed by atoms with E-state index >= 15 is 0 Å². The lowest BCUT2D eigenvalue weighted by Gasteiger charge is -2.36. The molecular weight excluding hydrogens is 486 g/mol. The molecule has 7 nitrogen and oxygen atoms in total. The van der Waals surface area contributed by atoms with Crippen LogP contribution in [0.4, 0.5) is 17.3 Å². The molecular formula is C32H39N5O2. The van der Waals surface area contributed by atoms with Crippen LogP contribution in [0.2, 0.25) is 0 Å². The van der Waals surface area contributed by atoms with E-state index in [-0.39, 0.29) is 0 Å². The Morgan fingerprint density at radius 1 is 0.974 bits per heavy atom. The van der Waals surface area contributed by atoms with Gasteiger partial charge >= 0.3 is 0 Å². The number of anilines is 3. The minimum absolute atomic E-state index is 0.342. The van der Waals surface area contributed by atoms with Crippen LogP contribution in [0.5, 0.6) is 5.75 Å². The molecule has 4 aromatic rings. The Morgan fingerprint density at radius 2 is 1.74 bits per heavy atom. The molecule has 1 aromatic heterocycles. The van der Waals surface area contributed by atoms with Crippen molar-refractivity contribution < 1.29 is 9.15 Å². The Bertz CT molecular complexity index is 1370. The van der Waals surface area contributed by atoms with Crippen LogP contribution in [0.25, 0.3) is 11.0 Å². The molecule has 7 heteroatoms. The first-order chi connectivity index (χ1) is 19.1. The highest BCUT2D eigenvalue weighted by atomic mass is 16.5. The number of unbranched alkanes of at least 4 members (excludes halogenated alkanes) is 1. The number of piperazine rings is 1. The van der Waals surface area contributed by atoms with E-state index < -0.39 is 0 Å². The average molecular weight is 526 g/mol. The Labute approximate surface area is 231 Å². The Kier molecular flexibility index (Phi) is 8.37. The number of nitrogens with zero attached hydrogens (tertiary/aromatic N) is 4.